The summed E-state index contributed by atoms with van der Waals surface area (Å²) in [5, 5.41) is 2.97. The van der Waals surface area contributed by atoms with Crippen LogP contribution >= 0.6 is 11.8 Å². The molecule has 2 amide bonds. The maximum absolute atomic E-state index is 13.8. The Balaban J connectivity index is 2.10. The molecule has 162 valence electrons. The lowest BCUT2D eigenvalue weighted by atomic mass is 10.1. The normalized spacial score (nSPS) is 12.8. The number of amides is 2. The van der Waals surface area contributed by atoms with Gasteiger partial charge in [0.15, 0.2) is 0 Å². The predicted molar refractivity (Wildman–Crippen MR) is 122 cm³/mol. The van der Waals surface area contributed by atoms with Crippen LogP contribution in [0, 0.1) is 12.7 Å². The Hall–Kier alpha value is -2.34. The summed E-state index contributed by atoms with van der Waals surface area (Å²) in [5.74, 6) is 0.0258. The van der Waals surface area contributed by atoms with Crippen molar-refractivity contribution < 1.29 is 14.0 Å². The third-order valence-electron chi connectivity index (χ3n) is 5.21. The van der Waals surface area contributed by atoms with Crippen LogP contribution in [0.25, 0.3) is 0 Å². The molecule has 0 saturated heterocycles. The fourth-order valence-corrected chi connectivity index (χ4v) is 3.86. The highest BCUT2D eigenvalue weighted by atomic mass is 32.2. The van der Waals surface area contributed by atoms with Crippen LogP contribution in [0.2, 0.25) is 0 Å². The number of thioether (sulfide) groups is 1. The van der Waals surface area contributed by atoms with Crippen LogP contribution in [0.1, 0.15) is 43.9 Å². The molecule has 0 unspecified atom stereocenters. The minimum Gasteiger partial charge on any atom is -0.352 e. The highest BCUT2D eigenvalue weighted by molar-refractivity contribution is 7.99. The number of benzene rings is 2. The van der Waals surface area contributed by atoms with Crippen molar-refractivity contribution in [2.24, 2.45) is 0 Å². The number of carbonyl (C=O) groups is 2. The van der Waals surface area contributed by atoms with E-state index in [1.54, 1.807) is 30.0 Å². The molecule has 30 heavy (non-hydrogen) atoms. The summed E-state index contributed by atoms with van der Waals surface area (Å²) in [5.41, 5.74) is 2.65. The predicted octanol–water partition coefficient (Wildman–Crippen LogP) is 4.70. The first kappa shape index (κ1) is 23.9. The van der Waals surface area contributed by atoms with E-state index < -0.39 is 6.04 Å². The molecular weight excluding hydrogens is 399 g/mol. The van der Waals surface area contributed by atoms with Crippen molar-refractivity contribution in [1.29, 1.82) is 0 Å². The van der Waals surface area contributed by atoms with E-state index in [1.165, 1.54) is 17.8 Å². The monoisotopic (exact) mass is 430 g/mol. The molecule has 0 aliphatic carbocycles. The Morgan fingerprint density at radius 1 is 1.07 bits per heavy atom. The quantitative estimate of drug-likeness (QED) is 0.594. The zero-order valence-corrected chi connectivity index (χ0v) is 19.0. The minimum absolute atomic E-state index is 0.0470. The van der Waals surface area contributed by atoms with Gasteiger partial charge in [-0.15, -0.1) is 11.8 Å². The van der Waals surface area contributed by atoms with Gasteiger partial charge in [-0.2, -0.15) is 0 Å². The number of rotatable bonds is 10. The Labute approximate surface area is 183 Å². The van der Waals surface area contributed by atoms with E-state index in [-0.39, 0.29) is 29.4 Å². The van der Waals surface area contributed by atoms with Gasteiger partial charge in [0.25, 0.3) is 0 Å². The van der Waals surface area contributed by atoms with E-state index in [0.717, 1.165) is 17.5 Å². The molecule has 6 heteroatoms. The first-order valence-electron chi connectivity index (χ1n) is 10.3. The van der Waals surface area contributed by atoms with Crippen LogP contribution in [0.15, 0.2) is 48.5 Å². The molecule has 0 radical (unpaired) electrons. The fourth-order valence-electron chi connectivity index (χ4n) is 2.97. The summed E-state index contributed by atoms with van der Waals surface area (Å²) in [6, 6.07) is 13.9. The van der Waals surface area contributed by atoms with Crippen molar-refractivity contribution in [1.82, 2.24) is 10.2 Å². The summed E-state index contributed by atoms with van der Waals surface area (Å²) in [4.78, 5) is 27.4. The van der Waals surface area contributed by atoms with Crippen LogP contribution in [0.4, 0.5) is 4.39 Å². The number of aryl methyl sites for hydroxylation is 1. The molecule has 0 saturated carbocycles. The second-order valence-corrected chi connectivity index (χ2v) is 8.51. The maximum atomic E-state index is 13.8. The standard InChI is InChI=1S/C24H31FN2O2S/c1-5-18(3)26-24(29)19(4)27(14-20-11-7-6-10-17(20)2)23(28)16-30-15-21-12-8-9-13-22(21)25/h6-13,18-19H,5,14-16H2,1-4H3,(H,26,29)/t18-,19-/m1/s1. The van der Waals surface area contributed by atoms with Gasteiger partial charge in [-0.25, -0.2) is 4.39 Å². The van der Waals surface area contributed by atoms with Crippen molar-refractivity contribution in [2.75, 3.05) is 5.75 Å². The Kier molecular flexibility index (Phi) is 9.37. The molecule has 2 atom stereocenters. The van der Waals surface area contributed by atoms with Crippen molar-refractivity contribution in [3.63, 3.8) is 0 Å². The molecule has 0 aliphatic rings. The number of halogens is 1. The Morgan fingerprint density at radius 3 is 2.33 bits per heavy atom. The van der Waals surface area contributed by atoms with Gasteiger partial charge >= 0.3 is 0 Å². The van der Waals surface area contributed by atoms with E-state index in [1.807, 2.05) is 45.0 Å². The van der Waals surface area contributed by atoms with Crippen molar-refractivity contribution in [3.8, 4) is 0 Å². The van der Waals surface area contributed by atoms with E-state index >= 15 is 0 Å². The van der Waals surface area contributed by atoms with E-state index in [4.69, 9.17) is 0 Å². The maximum Gasteiger partial charge on any atom is 0.242 e. The van der Waals surface area contributed by atoms with Gasteiger partial charge in [-0.3, -0.25) is 9.59 Å². The van der Waals surface area contributed by atoms with Crippen LogP contribution in [-0.4, -0.2) is 34.6 Å². The SMILES string of the molecule is CC[C@@H](C)NC(=O)[C@@H](C)N(Cc1ccccc1C)C(=O)CSCc1ccccc1F. The molecule has 4 nitrogen and oxygen atoms in total. The molecule has 2 aromatic carbocycles. The van der Waals surface area contributed by atoms with Gasteiger partial charge in [-0.1, -0.05) is 49.4 Å². The topological polar surface area (TPSA) is 49.4 Å². The van der Waals surface area contributed by atoms with E-state index in [2.05, 4.69) is 5.32 Å². The van der Waals surface area contributed by atoms with Gasteiger partial charge in [0.1, 0.15) is 11.9 Å². The second-order valence-electron chi connectivity index (χ2n) is 7.53. The molecule has 0 heterocycles. The minimum atomic E-state index is -0.597. The summed E-state index contributed by atoms with van der Waals surface area (Å²) >= 11 is 1.36. The molecular formula is C24H31FN2O2S. The lowest BCUT2D eigenvalue weighted by molar-refractivity contribution is -0.138. The average molecular weight is 431 g/mol. The summed E-state index contributed by atoms with van der Waals surface area (Å²) < 4.78 is 13.8. The summed E-state index contributed by atoms with van der Waals surface area (Å²) in [6.45, 7) is 8.07. The number of nitrogens with one attached hydrogen (secondary N) is 1. The Bertz CT molecular complexity index is 859. The Morgan fingerprint density at radius 2 is 1.70 bits per heavy atom. The average Bonchev–Trinajstić information content (AvgIpc) is 2.73. The smallest absolute Gasteiger partial charge is 0.242 e. The van der Waals surface area contributed by atoms with Crippen LogP contribution in [0.5, 0.6) is 0 Å². The number of hydrogen-bond donors (Lipinski definition) is 1. The van der Waals surface area contributed by atoms with Gasteiger partial charge in [0.2, 0.25) is 11.8 Å². The highest BCUT2D eigenvalue weighted by Gasteiger charge is 2.27. The molecule has 2 aromatic rings. The third-order valence-corrected chi connectivity index (χ3v) is 6.18. The largest absolute Gasteiger partial charge is 0.352 e. The summed E-state index contributed by atoms with van der Waals surface area (Å²) in [6.07, 6.45) is 0.822. The highest BCUT2D eigenvalue weighted by Crippen LogP contribution is 2.19. The van der Waals surface area contributed by atoms with Crippen molar-refractivity contribution in [2.45, 2.75) is 58.5 Å². The number of nitrogens with zero attached hydrogens (tertiary/aromatic N) is 1. The van der Waals surface area contributed by atoms with Crippen molar-refractivity contribution >= 4 is 23.6 Å². The number of hydrogen-bond acceptors (Lipinski definition) is 3. The van der Waals surface area contributed by atoms with Gasteiger partial charge in [0, 0.05) is 18.3 Å². The summed E-state index contributed by atoms with van der Waals surface area (Å²) in [7, 11) is 0. The molecule has 0 spiro atoms. The zero-order valence-electron chi connectivity index (χ0n) is 18.2. The third kappa shape index (κ3) is 6.87. The number of carbonyl (C=O) groups excluding carboxylic acids is 2. The van der Waals surface area contributed by atoms with Gasteiger partial charge < -0.3 is 10.2 Å². The van der Waals surface area contributed by atoms with E-state index in [0.29, 0.717) is 17.9 Å². The first-order valence-corrected chi connectivity index (χ1v) is 11.4. The lowest BCUT2D eigenvalue weighted by Gasteiger charge is -2.30. The molecule has 0 fully saturated rings. The molecule has 0 aromatic heterocycles. The van der Waals surface area contributed by atoms with Crippen molar-refractivity contribution in [3.05, 3.63) is 71.0 Å². The molecule has 0 aliphatic heterocycles. The second kappa shape index (κ2) is 11.7. The molecule has 0 bridgehead atoms. The van der Waals surface area contributed by atoms with E-state index in [9.17, 15) is 14.0 Å². The first-order chi connectivity index (χ1) is 14.3. The lowest BCUT2D eigenvalue weighted by Crippen LogP contribution is -2.50. The van der Waals surface area contributed by atoms with Gasteiger partial charge in [0.05, 0.1) is 5.75 Å². The van der Waals surface area contributed by atoms with Crippen LogP contribution in [-0.2, 0) is 21.9 Å². The van der Waals surface area contributed by atoms with Crippen LogP contribution in [0.3, 0.4) is 0 Å². The zero-order chi connectivity index (χ0) is 22.1. The fraction of sp³-hybridized carbons (Fsp3) is 0.417. The molecule has 2 rings (SSSR count). The van der Waals surface area contributed by atoms with Crippen LogP contribution < -0.4 is 5.32 Å². The van der Waals surface area contributed by atoms with Gasteiger partial charge in [-0.05, 0) is 49.9 Å². The molecule has 1 N–H and O–H groups in total.